The van der Waals surface area contributed by atoms with Crippen LogP contribution in [-0.4, -0.2) is 26.2 Å². The van der Waals surface area contributed by atoms with Gasteiger partial charge >= 0.3 is 6.61 Å². The smallest absolute Gasteiger partial charge is 0.387 e. The van der Waals surface area contributed by atoms with Gasteiger partial charge in [-0.1, -0.05) is 30.3 Å². The van der Waals surface area contributed by atoms with Gasteiger partial charge in [0.05, 0.1) is 6.20 Å². The molecule has 0 N–H and O–H groups in total. The number of hydrogen-bond acceptors (Lipinski definition) is 4. The molecule has 0 amide bonds. The number of ether oxygens (including phenoxy) is 1. The van der Waals surface area contributed by atoms with Gasteiger partial charge in [0, 0.05) is 17.5 Å². The quantitative estimate of drug-likeness (QED) is 0.471. The SMILES string of the molecule is FC(F)Oc1ccc(-c2nnc3cncc(CCCc4ccccc4)n23)cc1. The van der Waals surface area contributed by atoms with Crippen LogP contribution >= 0.6 is 0 Å². The van der Waals surface area contributed by atoms with Crippen molar-refractivity contribution in [3.63, 3.8) is 0 Å². The summed E-state index contributed by atoms with van der Waals surface area (Å²) in [6.45, 7) is -2.85. The third-order valence-corrected chi connectivity index (χ3v) is 4.47. The van der Waals surface area contributed by atoms with Crippen molar-refractivity contribution in [2.24, 2.45) is 0 Å². The lowest BCUT2D eigenvalue weighted by molar-refractivity contribution is -0.0498. The molecule has 0 spiro atoms. The zero-order chi connectivity index (χ0) is 19.3. The van der Waals surface area contributed by atoms with Crippen molar-refractivity contribution in [3.05, 3.63) is 78.2 Å². The zero-order valence-corrected chi connectivity index (χ0v) is 15.0. The molecule has 7 heteroatoms. The molecule has 2 heterocycles. The van der Waals surface area contributed by atoms with E-state index in [1.165, 1.54) is 17.7 Å². The molecule has 28 heavy (non-hydrogen) atoms. The van der Waals surface area contributed by atoms with E-state index in [0.717, 1.165) is 30.5 Å². The molecule has 4 aromatic rings. The highest BCUT2D eigenvalue weighted by Crippen LogP contribution is 2.24. The number of hydrogen-bond donors (Lipinski definition) is 0. The molecule has 0 saturated heterocycles. The number of alkyl halides is 2. The van der Waals surface area contributed by atoms with Crippen molar-refractivity contribution < 1.29 is 13.5 Å². The second-order valence-electron chi connectivity index (χ2n) is 6.36. The molecule has 0 aliphatic carbocycles. The predicted octanol–water partition coefficient (Wildman–Crippen LogP) is 4.57. The molecule has 5 nitrogen and oxygen atoms in total. The summed E-state index contributed by atoms with van der Waals surface area (Å²) >= 11 is 0. The van der Waals surface area contributed by atoms with Crippen LogP contribution in [0.25, 0.3) is 17.0 Å². The second kappa shape index (κ2) is 8.12. The number of halogens is 2. The zero-order valence-electron chi connectivity index (χ0n) is 15.0. The topological polar surface area (TPSA) is 52.3 Å². The summed E-state index contributed by atoms with van der Waals surface area (Å²) in [5.74, 6) is 0.757. The maximum Gasteiger partial charge on any atom is 0.387 e. The lowest BCUT2D eigenvalue weighted by Crippen LogP contribution is -2.02. The average Bonchev–Trinajstić information content (AvgIpc) is 3.14. The Bertz CT molecular complexity index is 1050. The van der Waals surface area contributed by atoms with Gasteiger partial charge in [-0.2, -0.15) is 8.78 Å². The summed E-state index contributed by atoms with van der Waals surface area (Å²) in [5.41, 5.74) is 3.72. The molecule has 142 valence electrons. The van der Waals surface area contributed by atoms with Gasteiger partial charge in [0.1, 0.15) is 5.75 Å². The normalized spacial score (nSPS) is 11.2. The van der Waals surface area contributed by atoms with Gasteiger partial charge in [-0.3, -0.25) is 9.38 Å². The van der Waals surface area contributed by atoms with Crippen molar-refractivity contribution in [3.8, 4) is 17.1 Å². The molecule has 0 fully saturated rings. The highest BCUT2D eigenvalue weighted by Gasteiger charge is 2.13. The molecule has 4 rings (SSSR count). The number of aromatic nitrogens is 4. The summed E-state index contributed by atoms with van der Waals surface area (Å²) in [4.78, 5) is 4.27. The number of benzene rings is 2. The fourth-order valence-corrected chi connectivity index (χ4v) is 3.18. The molecule has 0 bridgehead atoms. The Morgan fingerprint density at radius 1 is 0.893 bits per heavy atom. The maximum absolute atomic E-state index is 12.3. The van der Waals surface area contributed by atoms with Crippen molar-refractivity contribution in [1.29, 1.82) is 0 Å². The van der Waals surface area contributed by atoms with E-state index < -0.39 is 6.61 Å². The number of fused-ring (bicyclic) bond motifs is 1. The highest BCUT2D eigenvalue weighted by molar-refractivity contribution is 5.60. The second-order valence-corrected chi connectivity index (χ2v) is 6.36. The first-order valence-corrected chi connectivity index (χ1v) is 8.98. The Labute approximate surface area is 160 Å². The van der Waals surface area contributed by atoms with E-state index in [1.54, 1.807) is 18.3 Å². The molecule has 0 atom stereocenters. The summed E-state index contributed by atoms with van der Waals surface area (Å²) in [6, 6.07) is 16.7. The minimum absolute atomic E-state index is 0.109. The third kappa shape index (κ3) is 3.98. The van der Waals surface area contributed by atoms with Crippen LogP contribution < -0.4 is 4.74 Å². The average molecular weight is 380 g/mol. The van der Waals surface area contributed by atoms with Crippen molar-refractivity contribution >= 4 is 5.65 Å². The standard InChI is InChI=1S/C21H18F2N4O/c22-21(23)28-18-11-9-16(10-12-18)20-26-25-19-14-24-13-17(27(19)20)8-4-7-15-5-2-1-3-6-15/h1-3,5-6,9-14,21H,4,7-8H2. The molecular weight excluding hydrogens is 362 g/mol. The predicted molar refractivity (Wildman–Crippen MR) is 101 cm³/mol. The van der Waals surface area contributed by atoms with E-state index in [-0.39, 0.29) is 5.75 Å². The first kappa shape index (κ1) is 18.0. The molecule has 0 aliphatic rings. The first-order valence-electron chi connectivity index (χ1n) is 8.98. The summed E-state index contributed by atoms with van der Waals surface area (Å²) < 4.78 is 31.0. The Kier molecular flexibility index (Phi) is 5.23. The van der Waals surface area contributed by atoms with Crippen LogP contribution in [0.5, 0.6) is 5.75 Å². The number of aryl methyl sites for hydroxylation is 2. The van der Waals surface area contributed by atoms with Crippen LogP contribution in [0.3, 0.4) is 0 Å². The van der Waals surface area contributed by atoms with Crippen LogP contribution in [0.2, 0.25) is 0 Å². The summed E-state index contributed by atoms with van der Waals surface area (Å²) in [6.07, 6.45) is 6.22. The minimum atomic E-state index is -2.85. The molecule has 2 aromatic heterocycles. The maximum atomic E-state index is 12.3. The van der Waals surface area contributed by atoms with Gasteiger partial charge < -0.3 is 4.74 Å². The minimum Gasteiger partial charge on any atom is -0.435 e. The van der Waals surface area contributed by atoms with Crippen LogP contribution in [0, 0.1) is 0 Å². The fourth-order valence-electron chi connectivity index (χ4n) is 3.18. The lowest BCUT2D eigenvalue weighted by atomic mass is 10.1. The molecule has 0 saturated carbocycles. The molecular formula is C21H18F2N4O. The van der Waals surface area contributed by atoms with E-state index in [1.807, 2.05) is 28.8 Å². The van der Waals surface area contributed by atoms with E-state index >= 15 is 0 Å². The Morgan fingerprint density at radius 3 is 2.43 bits per heavy atom. The Balaban J connectivity index is 1.58. The van der Waals surface area contributed by atoms with Gasteiger partial charge in [-0.15, -0.1) is 10.2 Å². The largest absolute Gasteiger partial charge is 0.435 e. The van der Waals surface area contributed by atoms with Crippen LogP contribution in [0.1, 0.15) is 17.7 Å². The Morgan fingerprint density at radius 2 is 1.68 bits per heavy atom. The monoisotopic (exact) mass is 380 g/mol. The number of rotatable bonds is 7. The van der Waals surface area contributed by atoms with Crippen LogP contribution in [0.15, 0.2) is 67.0 Å². The lowest BCUT2D eigenvalue weighted by Gasteiger charge is -2.08. The van der Waals surface area contributed by atoms with Crippen LogP contribution in [-0.2, 0) is 12.8 Å². The fraction of sp³-hybridized carbons (Fsp3) is 0.190. The molecule has 0 radical (unpaired) electrons. The summed E-state index contributed by atoms with van der Waals surface area (Å²) in [5, 5.41) is 8.46. The third-order valence-electron chi connectivity index (χ3n) is 4.47. The van der Waals surface area contributed by atoms with Gasteiger partial charge in [-0.05, 0) is 49.1 Å². The highest BCUT2D eigenvalue weighted by atomic mass is 19.3. The van der Waals surface area contributed by atoms with Gasteiger partial charge in [-0.25, -0.2) is 0 Å². The molecule has 0 unspecified atom stereocenters. The summed E-state index contributed by atoms with van der Waals surface area (Å²) in [7, 11) is 0. The van der Waals surface area contributed by atoms with E-state index in [4.69, 9.17) is 0 Å². The van der Waals surface area contributed by atoms with Crippen molar-refractivity contribution in [2.45, 2.75) is 25.9 Å². The Hall–Kier alpha value is -3.35. The van der Waals surface area contributed by atoms with E-state index in [0.29, 0.717) is 11.5 Å². The van der Waals surface area contributed by atoms with Crippen molar-refractivity contribution in [2.75, 3.05) is 0 Å². The van der Waals surface area contributed by atoms with Crippen LogP contribution in [0.4, 0.5) is 8.78 Å². The number of nitrogens with zero attached hydrogens (tertiary/aromatic N) is 4. The van der Waals surface area contributed by atoms with Gasteiger partial charge in [0.15, 0.2) is 11.5 Å². The molecule has 2 aromatic carbocycles. The van der Waals surface area contributed by atoms with Crippen molar-refractivity contribution in [1.82, 2.24) is 19.6 Å². The first-order chi connectivity index (χ1) is 13.7. The van der Waals surface area contributed by atoms with E-state index in [9.17, 15) is 8.78 Å². The van der Waals surface area contributed by atoms with Gasteiger partial charge in [0.2, 0.25) is 0 Å². The van der Waals surface area contributed by atoms with Gasteiger partial charge in [0.25, 0.3) is 0 Å². The molecule has 0 aliphatic heterocycles. The van der Waals surface area contributed by atoms with E-state index in [2.05, 4.69) is 32.1 Å².